The number of hydroxylamine groups is 2. The van der Waals surface area contributed by atoms with Gasteiger partial charge in [-0.05, 0) is 29.8 Å². The van der Waals surface area contributed by atoms with Gasteiger partial charge in [-0.2, -0.15) is 5.10 Å². The molecule has 2 aromatic carbocycles. The molecule has 0 radical (unpaired) electrons. The molecule has 8 heteroatoms. The minimum atomic E-state index is -0.786. The van der Waals surface area contributed by atoms with Crippen molar-refractivity contribution >= 4 is 17.8 Å². The quantitative estimate of drug-likeness (QED) is 0.720. The Morgan fingerprint density at radius 1 is 1.00 bits per heavy atom. The Labute approximate surface area is 147 Å². The van der Waals surface area contributed by atoms with Crippen LogP contribution in [0.3, 0.4) is 0 Å². The number of fused-ring (bicyclic) bond motifs is 1. The van der Waals surface area contributed by atoms with E-state index in [4.69, 9.17) is 4.84 Å². The molecule has 0 saturated carbocycles. The predicted molar refractivity (Wildman–Crippen MR) is 88.0 cm³/mol. The number of hydrogen-bond donors (Lipinski definition) is 1. The first kappa shape index (κ1) is 15.7. The summed E-state index contributed by atoms with van der Waals surface area (Å²) in [4.78, 5) is 45.8. The summed E-state index contributed by atoms with van der Waals surface area (Å²) < 4.78 is 0. The lowest BCUT2D eigenvalue weighted by atomic mass is 10.1. The number of aromatic amines is 1. The lowest BCUT2D eigenvalue weighted by molar-refractivity contribution is -0.0584. The highest BCUT2D eigenvalue weighted by Crippen LogP contribution is 2.23. The number of nitrogens with one attached hydrogen (secondary N) is 1. The minimum Gasteiger partial charge on any atom is -0.324 e. The van der Waals surface area contributed by atoms with E-state index in [9.17, 15) is 14.4 Å². The molecule has 0 spiro atoms. The molecule has 0 unspecified atom stereocenters. The number of aromatic nitrogens is 3. The van der Waals surface area contributed by atoms with Crippen LogP contribution in [0.15, 0.2) is 54.9 Å². The molecular formula is C18H12N4O4. The Morgan fingerprint density at radius 2 is 1.65 bits per heavy atom. The van der Waals surface area contributed by atoms with Gasteiger partial charge in [0, 0.05) is 6.42 Å². The first-order valence-electron chi connectivity index (χ1n) is 7.77. The van der Waals surface area contributed by atoms with Gasteiger partial charge in [0.05, 0.1) is 16.7 Å². The summed E-state index contributed by atoms with van der Waals surface area (Å²) in [5, 5.41) is 7.02. The SMILES string of the molecule is O=C(ON1C(=O)c2ccccc2C1=O)c1ccc(Cc2ncn[nH]2)cc1. The van der Waals surface area contributed by atoms with E-state index < -0.39 is 17.8 Å². The average Bonchev–Trinajstić information content (AvgIpc) is 3.25. The fourth-order valence-corrected chi connectivity index (χ4v) is 2.65. The lowest BCUT2D eigenvalue weighted by Crippen LogP contribution is -2.32. The zero-order chi connectivity index (χ0) is 18.1. The van der Waals surface area contributed by atoms with Crippen molar-refractivity contribution in [1.82, 2.24) is 20.2 Å². The number of hydrogen-bond acceptors (Lipinski definition) is 6. The maximum absolute atomic E-state index is 12.3. The summed E-state index contributed by atoms with van der Waals surface area (Å²) >= 11 is 0. The summed E-state index contributed by atoms with van der Waals surface area (Å²) in [5.74, 6) is -1.39. The number of rotatable bonds is 4. The fourth-order valence-electron chi connectivity index (χ4n) is 2.65. The Morgan fingerprint density at radius 3 is 2.23 bits per heavy atom. The second kappa shape index (κ2) is 6.25. The van der Waals surface area contributed by atoms with Gasteiger partial charge < -0.3 is 4.84 Å². The molecule has 0 aliphatic carbocycles. The van der Waals surface area contributed by atoms with Crippen LogP contribution in [0.25, 0.3) is 0 Å². The number of carbonyl (C=O) groups excluding carboxylic acids is 3. The third kappa shape index (κ3) is 2.73. The fraction of sp³-hybridized carbons (Fsp3) is 0.0556. The summed E-state index contributed by atoms with van der Waals surface area (Å²) in [6.07, 6.45) is 1.96. The molecule has 0 saturated heterocycles. The van der Waals surface area contributed by atoms with Crippen molar-refractivity contribution in [3.63, 3.8) is 0 Å². The Bertz CT molecular complexity index is 961. The topological polar surface area (TPSA) is 105 Å². The zero-order valence-corrected chi connectivity index (χ0v) is 13.4. The number of benzene rings is 2. The molecule has 2 amide bonds. The highest BCUT2D eigenvalue weighted by Gasteiger charge is 2.38. The van der Waals surface area contributed by atoms with Gasteiger partial charge in [-0.3, -0.25) is 14.7 Å². The Balaban J connectivity index is 1.47. The molecule has 1 aromatic heterocycles. The number of nitrogens with zero attached hydrogens (tertiary/aromatic N) is 3. The van der Waals surface area contributed by atoms with Gasteiger partial charge in [0.1, 0.15) is 12.2 Å². The highest BCUT2D eigenvalue weighted by molar-refractivity contribution is 6.21. The van der Waals surface area contributed by atoms with Crippen molar-refractivity contribution in [2.75, 3.05) is 0 Å². The van der Waals surface area contributed by atoms with Gasteiger partial charge in [-0.1, -0.05) is 29.3 Å². The van der Waals surface area contributed by atoms with Crippen molar-refractivity contribution in [2.45, 2.75) is 6.42 Å². The predicted octanol–water partition coefficient (Wildman–Crippen LogP) is 1.76. The van der Waals surface area contributed by atoms with Gasteiger partial charge in [0.15, 0.2) is 0 Å². The van der Waals surface area contributed by atoms with E-state index in [1.165, 1.54) is 18.5 Å². The van der Waals surface area contributed by atoms with Crippen LogP contribution in [-0.4, -0.2) is 38.0 Å². The molecule has 0 bridgehead atoms. The molecule has 3 aromatic rings. The standard InChI is InChI=1S/C18H12N4O4/c23-16-13-3-1-2-4-14(13)17(24)22(16)26-18(25)12-7-5-11(6-8-12)9-15-19-10-20-21-15/h1-8,10H,9H2,(H,19,20,21). The molecule has 8 nitrogen and oxygen atoms in total. The van der Waals surface area contributed by atoms with Gasteiger partial charge in [0.25, 0.3) is 11.8 Å². The van der Waals surface area contributed by atoms with Crippen molar-refractivity contribution in [2.24, 2.45) is 0 Å². The molecule has 2 heterocycles. The number of H-pyrrole nitrogens is 1. The van der Waals surface area contributed by atoms with Crippen molar-refractivity contribution in [3.05, 3.63) is 82.9 Å². The molecule has 4 rings (SSSR count). The van der Waals surface area contributed by atoms with Crippen LogP contribution in [0.2, 0.25) is 0 Å². The Hall–Kier alpha value is -3.81. The summed E-state index contributed by atoms with van der Waals surface area (Å²) in [7, 11) is 0. The van der Waals surface area contributed by atoms with E-state index in [0.29, 0.717) is 17.3 Å². The first-order chi connectivity index (χ1) is 12.6. The third-order valence-corrected chi connectivity index (χ3v) is 3.96. The highest BCUT2D eigenvalue weighted by atomic mass is 16.7. The number of imide groups is 1. The van der Waals surface area contributed by atoms with E-state index >= 15 is 0 Å². The van der Waals surface area contributed by atoms with E-state index in [1.54, 1.807) is 36.4 Å². The lowest BCUT2D eigenvalue weighted by Gasteiger charge is -2.12. The van der Waals surface area contributed by atoms with Crippen LogP contribution < -0.4 is 0 Å². The average molecular weight is 348 g/mol. The molecular weight excluding hydrogens is 336 g/mol. The maximum atomic E-state index is 12.3. The van der Waals surface area contributed by atoms with Crippen molar-refractivity contribution < 1.29 is 19.2 Å². The second-order valence-electron chi connectivity index (χ2n) is 5.63. The van der Waals surface area contributed by atoms with Crippen LogP contribution in [0.4, 0.5) is 0 Å². The van der Waals surface area contributed by atoms with Crippen LogP contribution >= 0.6 is 0 Å². The molecule has 1 N–H and O–H groups in total. The Kier molecular flexibility index (Phi) is 3.77. The molecule has 1 aliphatic rings. The monoisotopic (exact) mass is 348 g/mol. The van der Waals surface area contributed by atoms with Crippen LogP contribution in [0, 0.1) is 0 Å². The molecule has 26 heavy (non-hydrogen) atoms. The summed E-state index contributed by atoms with van der Waals surface area (Å²) in [6, 6.07) is 12.9. The van der Waals surface area contributed by atoms with Crippen molar-refractivity contribution in [3.8, 4) is 0 Å². The second-order valence-corrected chi connectivity index (χ2v) is 5.63. The number of amides is 2. The van der Waals surface area contributed by atoms with Gasteiger partial charge in [-0.25, -0.2) is 9.78 Å². The molecule has 0 fully saturated rings. The van der Waals surface area contributed by atoms with Crippen LogP contribution in [0.5, 0.6) is 0 Å². The number of carbonyl (C=O) groups is 3. The third-order valence-electron chi connectivity index (χ3n) is 3.96. The first-order valence-corrected chi connectivity index (χ1v) is 7.77. The van der Waals surface area contributed by atoms with E-state index in [0.717, 1.165) is 5.56 Å². The minimum absolute atomic E-state index is 0.215. The van der Waals surface area contributed by atoms with Gasteiger partial charge in [0.2, 0.25) is 0 Å². The molecule has 1 aliphatic heterocycles. The largest absolute Gasteiger partial charge is 0.363 e. The van der Waals surface area contributed by atoms with Gasteiger partial charge >= 0.3 is 5.97 Å². The normalized spacial score (nSPS) is 13.0. The zero-order valence-electron chi connectivity index (χ0n) is 13.4. The van der Waals surface area contributed by atoms with Gasteiger partial charge in [-0.15, -0.1) is 0 Å². The van der Waals surface area contributed by atoms with Crippen molar-refractivity contribution in [1.29, 1.82) is 0 Å². The summed E-state index contributed by atoms with van der Waals surface area (Å²) in [5.41, 5.74) is 1.57. The summed E-state index contributed by atoms with van der Waals surface area (Å²) in [6.45, 7) is 0. The maximum Gasteiger partial charge on any atom is 0.363 e. The van der Waals surface area contributed by atoms with E-state index in [1.807, 2.05) is 0 Å². The van der Waals surface area contributed by atoms with Crippen LogP contribution in [-0.2, 0) is 11.3 Å². The van der Waals surface area contributed by atoms with E-state index in [-0.39, 0.29) is 16.7 Å². The smallest absolute Gasteiger partial charge is 0.324 e. The molecule has 128 valence electrons. The molecule has 0 atom stereocenters. The van der Waals surface area contributed by atoms with Crippen LogP contribution in [0.1, 0.15) is 42.5 Å². The van der Waals surface area contributed by atoms with E-state index in [2.05, 4.69) is 15.2 Å².